The minimum atomic E-state index is -0.421. The van der Waals surface area contributed by atoms with Gasteiger partial charge in [-0.15, -0.1) is 0 Å². The highest BCUT2D eigenvalue weighted by atomic mass is 16.3. The van der Waals surface area contributed by atoms with Crippen LogP contribution in [0.4, 0.5) is 0 Å². The Kier molecular flexibility index (Phi) is 6.92. The third kappa shape index (κ3) is 5.76. The summed E-state index contributed by atoms with van der Waals surface area (Å²) < 4.78 is 0. The maximum Gasteiger partial charge on any atom is 0.271 e. The zero-order chi connectivity index (χ0) is 23.1. The molecule has 32 heavy (non-hydrogen) atoms. The summed E-state index contributed by atoms with van der Waals surface area (Å²) in [4.78, 5) is 28.8. The largest absolute Gasteiger partial charge is 0.508 e. The van der Waals surface area contributed by atoms with E-state index in [4.69, 9.17) is 0 Å². The van der Waals surface area contributed by atoms with Crippen molar-refractivity contribution < 1.29 is 19.8 Å². The van der Waals surface area contributed by atoms with E-state index >= 15 is 0 Å². The van der Waals surface area contributed by atoms with Crippen molar-refractivity contribution in [1.29, 1.82) is 0 Å². The quantitative estimate of drug-likeness (QED) is 0.351. The van der Waals surface area contributed by atoms with E-state index in [0.717, 1.165) is 0 Å². The zero-order valence-corrected chi connectivity index (χ0v) is 17.4. The van der Waals surface area contributed by atoms with E-state index in [1.165, 1.54) is 48.5 Å². The maximum atomic E-state index is 12.2. The first kappa shape index (κ1) is 22.2. The molecule has 1 heterocycles. The van der Waals surface area contributed by atoms with Crippen LogP contribution in [0, 0.1) is 0 Å². The minimum Gasteiger partial charge on any atom is -0.508 e. The van der Waals surface area contributed by atoms with E-state index < -0.39 is 11.8 Å². The molecule has 0 aliphatic carbocycles. The smallest absolute Gasteiger partial charge is 0.271 e. The standard InChI is InChI=1S/C23H21N5O4/c1-14(25-27-22(31)16-6-10-18(29)11-7-16)20-4-3-5-21(24-20)15(2)26-28-23(32)17-8-12-19(30)13-9-17/h3-13,29-30H,1-2H3,(H,27,31)(H,28,32)/b25-14+,26-15+. The van der Waals surface area contributed by atoms with Crippen molar-refractivity contribution in [3.63, 3.8) is 0 Å². The molecule has 1 aromatic heterocycles. The Morgan fingerprint density at radius 2 is 1.06 bits per heavy atom. The van der Waals surface area contributed by atoms with Gasteiger partial charge in [0.05, 0.1) is 22.8 Å². The summed E-state index contributed by atoms with van der Waals surface area (Å²) in [5.74, 6) is -0.706. The zero-order valence-electron chi connectivity index (χ0n) is 17.4. The third-order valence-corrected chi connectivity index (χ3v) is 4.40. The molecular weight excluding hydrogens is 410 g/mol. The van der Waals surface area contributed by atoms with Gasteiger partial charge in [0.25, 0.3) is 11.8 Å². The highest BCUT2D eigenvalue weighted by Crippen LogP contribution is 2.10. The number of carbonyl (C=O) groups is 2. The predicted molar refractivity (Wildman–Crippen MR) is 120 cm³/mol. The van der Waals surface area contributed by atoms with Crippen LogP contribution in [0.1, 0.15) is 46.0 Å². The SMILES string of the molecule is C/C(=N\NC(=O)c1ccc(O)cc1)c1cccc(/C(C)=N/NC(=O)c2ccc(O)cc2)n1. The average molecular weight is 431 g/mol. The maximum absolute atomic E-state index is 12.2. The fourth-order valence-electron chi connectivity index (χ4n) is 2.58. The number of rotatable bonds is 6. The van der Waals surface area contributed by atoms with Crippen LogP contribution >= 0.6 is 0 Å². The van der Waals surface area contributed by atoms with Gasteiger partial charge in [-0.2, -0.15) is 10.2 Å². The molecule has 0 saturated carbocycles. The van der Waals surface area contributed by atoms with Gasteiger partial charge < -0.3 is 10.2 Å². The normalized spacial score (nSPS) is 11.7. The molecule has 0 radical (unpaired) electrons. The number of nitrogens with zero attached hydrogens (tertiary/aromatic N) is 3. The second-order valence-electron chi connectivity index (χ2n) is 6.78. The molecule has 0 unspecified atom stereocenters. The molecule has 0 atom stereocenters. The Bertz CT molecular complexity index is 1100. The first-order chi connectivity index (χ1) is 15.3. The van der Waals surface area contributed by atoms with Gasteiger partial charge in [-0.1, -0.05) is 6.07 Å². The summed E-state index contributed by atoms with van der Waals surface area (Å²) in [6.45, 7) is 3.39. The molecule has 3 rings (SSSR count). The van der Waals surface area contributed by atoms with E-state index in [-0.39, 0.29) is 11.5 Å². The van der Waals surface area contributed by atoms with E-state index in [0.29, 0.717) is 33.9 Å². The molecule has 9 heteroatoms. The predicted octanol–water partition coefficient (Wildman–Crippen LogP) is 2.80. The monoisotopic (exact) mass is 431 g/mol. The molecule has 0 fully saturated rings. The van der Waals surface area contributed by atoms with Gasteiger partial charge in [-0.25, -0.2) is 15.8 Å². The van der Waals surface area contributed by atoms with Gasteiger partial charge in [0.1, 0.15) is 11.5 Å². The second kappa shape index (κ2) is 9.98. The number of hydrogen-bond donors (Lipinski definition) is 4. The Morgan fingerprint density at radius 3 is 1.44 bits per heavy atom. The summed E-state index contributed by atoms with van der Waals surface area (Å²) in [7, 11) is 0. The van der Waals surface area contributed by atoms with E-state index in [1.807, 2.05) is 0 Å². The van der Waals surface area contributed by atoms with Crippen LogP contribution in [-0.4, -0.2) is 38.4 Å². The highest BCUT2D eigenvalue weighted by molar-refractivity contribution is 6.02. The van der Waals surface area contributed by atoms with Crippen LogP contribution in [0.3, 0.4) is 0 Å². The van der Waals surface area contributed by atoms with Gasteiger partial charge in [0.15, 0.2) is 0 Å². The van der Waals surface area contributed by atoms with Crippen molar-refractivity contribution >= 4 is 23.2 Å². The molecular formula is C23H21N5O4. The number of pyridine rings is 1. The fraction of sp³-hybridized carbons (Fsp3) is 0.0870. The molecule has 3 aromatic rings. The van der Waals surface area contributed by atoms with Crippen LogP contribution in [-0.2, 0) is 0 Å². The van der Waals surface area contributed by atoms with Crippen molar-refractivity contribution in [2.45, 2.75) is 13.8 Å². The van der Waals surface area contributed by atoms with Crippen LogP contribution in [0.5, 0.6) is 11.5 Å². The van der Waals surface area contributed by atoms with Gasteiger partial charge >= 0.3 is 0 Å². The number of nitrogens with one attached hydrogen (secondary N) is 2. The first-order valence-electron chi connectivity index (χ1n) is 9.58. The summed E-state index contributed by atoms with van der Waals surface area (Å²) in [6, 6.07) is 16.8. The van der Waals surface area contributed by atoms with E-state index in [1.54, 1.807) is 32.0 Å². The molecule has 0 aliphatic heterocycles. The Morgan fingerprint density at radius 1 is 0.688 bits per heavy atom. The summed E-state index contributed by atoms with van der Waals surface area (Å²) in [6.07, 6.45) is 0. The van der Waals surface area contributed by atoms with Gasteiger partial charge in [-0.3, -0.25) is 9.59 Å². The number of phenolic OH excluding ortho intramolecular Hbond substituents is 2. The molecule has 2 aromatic carbocycles. The molecule has 0 aliphatic rings. The van der Waals surface area contributed by atoms with Gasteiger partial charge in [-0.05, 0) is 74.5 Å². The molecule has 9 nitrogen and oxygen atoms in total. The lowest BCUT2D eigenvalue weighted by Crippen LogP contribution is -2.20. The number of hydrazone groups is 2. The molecule has 0 saturated heterocycles. The molecule has 2 amide bonds. The molecule has 4 N–H and O–H groups in total. The van der Waals surface area contributed by atoms with Crippen LogP contribution in [0.25, 0.3) is 0 Å². The van der Waals surface area contributed by atoms with Crippen LogP contribution in [0.2, 0.25) is 0 Å². The third-order valence-electron chi connectivity index (χ3n) is 4.40. The number of phenols is 2. The van der Waals surface area contributed by atoms with E-state index in [9.17, 15) is 19.8 Å². The van der Waals surface area contributed by atoms with Crippen LogP contribution in [0.15, 0.2) is 76.9 Å². The lowest BCUT2D eigenvalue weighted by molar-refractivity contribution is 0.0947. The van der Waals surface area contributed by atoms with Crippen molar-refractivity contribution in [3.8, 4) is 11.5 Å². The van der Waals surface area contributed by atoms with Crippen LogP contribution < -0.4 is 10.9 Å². The summed E-state index contributed by atoms with van der Waals surface area (Å²) in [5, 5.41) is 26.8. The van der Waals surface area contributed by atoms with Crippen molar-refractivity contribution in [1.82, 2.24) is 15.8 Å². The number of carbonyl (C=O) groups excluding carboxylic acids is 2. The minimum absolute atomic E-state index is 0.0681. The number of aromatic hydroxyl groups is 2. The van der Waals surface area contributed by atoms with E-state index in [2.05, 4.69) is 26.0 Å². The lowest BCUT2D eigenvalue weighted by Gasteiger charge is -2.06. The van der Waals surface area contributed by atoms with Crippen molar-refractivity contribution in [3.05, 3.63) is 89.2 Å². The van der Waals surface area contributed by atoms with Gasteiger partial charge in [0.2, 0.25) is 0 Å². The first-order valence-corrected chi connectivity index (χ1v) is 9.58. The Hall–Kier alpha value is -4.53. The Balaban J connectivity index is 1.67. The highest BCUT2D eigenvalue weighted by Gasteiger charge is 2.08. The molecule has 0 spiro atoms. The second-order valence-corrected chi connectivity index (χ2v) is 6.78. The summed E-state index contributed by atoms with van der Waals surface area (Å²) in [5.41, 5.74) is 7.60. The number of amides is 2. The number of benzene rings is 2. The number of aromatic nitrogens is 1. The average Bonchev–Trinajstić information content (AvgIpc) is 2.81. The van der Waals surface area contributed by atoms with Crippen molar-refractivity contribution in [2.24, 2.45) is 10.2 Å². The van der Waals surface area contributed by atoms with Gasteiger partial charge in [0, 0.05) is 11.1 Å². The summed E-state index contributed by atoms with van der Waals surface area (Å²) >= 11 is 0. The lowest BCUT2D eigenvalue weighted by atomic mass is 10.2. The fourth-order valence-corrected chi connectivity index (χ4v) is 2.58. The Labute approximate surface area is 184 Å². The topological polar surface area (TPSA) is 136 Å². The number of hydrogen-bond acceptors (Lipinski definition) is 7. The molecule has 162 valence electrons. The van der Waals surface area contributed by atoms with Crippen molar-refractivity contribution in [2.75, 3.05) is 0 Å². The molecule has 0 bridgehead atoms.